The Bertz CT molecular complexity index is 650. The molecule has 0 heterocycles. The molecule has 0 aromatic heterocycles. The van der Waals surface area contributed by atoms with Gasteiger partial charge in [0.15, 0.2) is 0 Å². The van der Waals surface area contributed by atoms with E-state index in [2.05, 4.69) is 5.32 Å². The van der Waals surface area contributed by atoms with Gasteiger partial charge in [-0.2, -0.15) is 0 Å². The summed E-state index contributed by atoms with van der Waals surface area (Å²) in [6.07, 6.45) is 0. The highest BCUT2D eigenvalue weighted by Crippen LogP contribution is 2.25. The molecule has 0 atom stereocenters. The summed E-state index contributed by atoms with van der Waals surface area (Å²) >= 11 is 11.9. The summed E-state index contributed by atoms with van der Waals surface area (Å²) in [5.41, 5.74) is 0.512. The average Bonchev–Trinajstić information content (AvgIpc) is 2.52. The zero-order valence-electron chi connectivity index (χ0n) is 12.8. The molecule has 122 valence electrons. The van der Waals surface area contributed by atoms with Crippen LogP contribution in [-0.2, 0) is 4.79 Å². The fraction of sp³-hybridized carbons (Fsp3) is 0.235. The maximum atomic E-state index is 12.0. The van der Waals surface area contributed by atoms with E-state index < -0.39 is 0 Å². The maximum absolute atomic E-state index is 12.0. The molecule has 0 fully saturated rings. The Morgan fingerprint density at radius 2 is 1.91 bits per heavy atom. The van der Waals surface area contributed by atoms with E-state index in [9.17, 15) is 4.79 Å². The summed E-state index contributed by atoms with van der Waals surface area (Å²) in [6.45, 7) is 1.37. The highest BCUT2D eigenvalue weighted by atomic mass is 35.5. The van der Waals surface area contributed by atoms with E-state index in [4.69, 9.17) is 27.9 Å². The van der Waals surface area contributed by atoms with Crippen LogP contribution in [0.1, 0.15) is 0 Å². The van der Waals surface area contributed by atoms with Gasteiger partial charge < -0.3 is 10.1 Å². The number of hydrogen-bond donors (Lipinski definition) is 1. The third-order valence-electron chi connectivity index (χ3n) is 3.10. The van der Waals surface area contributed by atoms with Crippen molar-refractivity contribution in [2.45, 2.75) is 0 Å². The summed E-state index contributed by atoms with van der Waals surface area (Å²) in [5.74, 6) is 0.660. The number of benzene rings is 2. The molecule has 2 aromatic carbocycles. The predicted octanol–water partition coefficient (Wildman–Crippen LogP) is 3.94. The SMILES string of the molecule is CN(CCOc1ccccc1)CC(=O)Nc1cc(Cl)ccc1Cl. The highest BCUT2D eigenvalue weighted by molar-refractivity contribution is 6.35. The summed E-state index contributed by atoms with van der Waals surface area (Å²) in [7, 11) is 1.85. The van der Waals surface area contributed by atoms with Crippen molar-refractivity contribution in [3.8, 4) is 5.75 Å². The zero-order valence-corrected chi connectivity index (χ0v) is 14.3. The lowest BCUT2D eigenvalue weighted by molar-refractivity contribution is -0.117. The van der Waals surface area contributed by atoms with Gasteiger partial charge in [0.25, 0.3) is 0 Å². The van der Waals surface area contributed by atoms with Gasteiger partial charge in [-0.05, 0) is 37.4 Å². The lowest BCUT2D eigenvalue weighted by atomic mass is 10.3. The van der Waals surface area contributed by atoms with Crippen molar-refractivity contribution >= 4 is 34.8 Å². The summed E-state index contributed by atoms with van der Waals surface area (Å²) in [6, 6.07) is 14.5. The van der Waals surface area contributed by atoms with Gasteiger partial charge in [-0.3, -0.25) is 9.69 Å². The van der Waals surface area contributed by atoms with Crippen LogP contribution in [0.25, 0.3) is 0 Å². The summed E-state index contributed by atoms with van der Waals surface area (Å²) in [4.78, 5) is 13.9. The van der Waals surface area contributed by atoms with Crippen LogP contribution in [0.2, 0.25) is 10.0 Å². The number of hydrogen-bond acceptors (Lipinski definition) is 3. The third kappa shape index (κ3) is 6.10. The summed E-state index contributed by atoms with van der Waals surface area (Å²) in [5, 5.41) is 3.73. The van der Waals surface area contributed by atoms with Crippen molar-refractivity contribution in [3.63, 3.8) is 0 Å². The molecule has 6 heteroatoms. The number of rotatable bonds is 7. The second-order valence-corrected chi connectivity index (χ2v) is 5.92. The highest BCUT2D eigenvalue weighted by Gasteiger charge is 2.09. The standard InChI is InChI=1S/C17H18Cl2N2O2/c1-21(9-10-23-14-5-3-2-4-6-14)12-17(22)20-16-11-13(18)7-8-15(16)19/h2-8,11H,9-10,12H2,1H3,(H,20,22). The molecule has 0 bridgehead atoms. The quantitative estimate of drug-likeness (QED) is 0.820. The molecule has 1 N–H and O–H groups in total. The molecule has 0 unspecified atom stereocenters. The molecular weight excluding hydrogens is 335 g/mol. The normalized spacial score (nSPS) is 10.6. The Kier molecular flexibility index (Phi) is 6.71. The van der Waals surface area contributed by atoms with E-state index in [1.165, 1.54) is 0 Å². The molecule has 0 aliphatic carbocycles. The van der Waals surface area contributed by atoms with Crippen LogP contribution in [0.4, 0.5) is 5.69 Å². The number of anilines is 1. The minimum absolute atomic E-state index is 0.156. The van der Waals surface area contributed by atoms with Gasteiger partial charge in [-0.25, -0.2) is 0 Å². The number of halogens is 2. The minimum atomic E-state index is -0.156. The first-order valence-electron chi connectivity index (χ1n) is 7.16. The lowest BCUT2D eigenvalue weighted by Gasteiger charge is -2.17. The molecule has 0 saturated carbocycles. The van der Waals surface area contributed by atoms with E-state index in [-0.39, 0.29) is 12.5 Å². The Balaban J connectivity index is 1.75. The molecule has 0 radical (unpaired) electrons. The second-order valence-electron chi connectivity index (χ2n) is 5.07. The van der Waals surface area contributed by atoms with E-state index >= 15 is 0 Å². The fourth-order valence-electron chi connectivity index (χ4n) is 1.94. The fourth-order valence-corrected chi connectivity index (χ4v) is 2.28. The zero-order chi connectivity index (χ0) is 16.7. The molecule has 0 spiro atoms. The Morgan fingerprint density at radius 3 is 2.65 bits per heavy atom. The van der Waals surface area contributed by atoms with Crippen molar-refractivity contribution in [3.05, 3.63) is 58.6 Å². The van der Waals surface area contributed by atoms with Crippen LogP contribution in [0.15, 0.2) is 48.5 Å². The van der Waals surface area contributed by atoms with Crippen molar-refractivity contribution < 1.29 is 9.53 Å². The van der Waals surface area contributed by atoms with Gasteiger partial charge in [0, 0.05) is 11.6 Å². The lowest BCUT2D eigenvalue weighted by Crippen LogP contribution is -2.33. The molecule has 2 rings (SSSR count). The van der Waals surface area contributed by atoms with Gasteiger partial charge in [-0.1, -0.05) is 41.4 Å². The maximum Gasteiger partial charge on any atom is 0.238 e. The van der Waals surface area contributed by atoms with Crippen molar-refractivity contribution in [1.29, 1.82) is 0 Å². The molecule has 23 heavy (non-hydrogen) atoms. The van der Waals surface area contributed by atoms with E-state index in [1.54, 1.807) is 18.2 Å². The van der Waals surface area contributed by atoms with Crippen molar-refractivity contribution in [2.75, 3.05) is 32.1 Å². The van der Waals surface area contributed by atoms with Gasteiger partial charge in [0.05, 0.1) is 17.3 Å². The number of likely N-dealkylation sites (N-methyl/N-ethyl adjacent to an activating group) is 1. The predicted molar refractivity (Wildman–Crippen MR) is 94.5 cm³/mol. The molecule has 0 saturated heterocycles. The first-order chi connectivity index (χ1) is 11.0. The minimum Gasteiger partial charge on any atom is -0.492 e. The van der Waals surface area contributed by atoms with Gasteiger partial charge in [-0.15, -0.1) is 0 Å². The molecule has 4 nitrogen and oxygen atoms in total. The van der Waals surface area contributed by atoms with Crippen LogP contribution in [0.5, 0.6) is 5.75 Å². The van der Waals surface area contributed by atoms with Gasteiger partial charge in [0.2, 0.25) is 5.91 Å². The molecular formula is C17H18Cl2N2O2. The Morgan fingerprint density at radius 1 is 1.17 bits per heavy atom. The van der Waals surface area contributed by atoms with Crippen LogP contribution in [0.3, 0.4) is 0 Å². The van der Waals surface area contributed by atoms with Crippen molar-refractivity contribution in [2.24, 2.45) is 0 Å². The Hall–Kier alpha value is -1.75. The Labute approximate surface area is 146 Å². The number of nitrogens with one attached hydrogen (secondary N) is 1. The number of carbonyl (C=O) groups is 1. The van der Waals surface area contributed by atoms with Crippen LogP contribution in [-0.4, -0.2) is 37.6 Å². The first-order valence-corrected chi connectivity index (χ1v) is 7.91. The van der Waals surface area contributed by atoms with E-state index in [1.807, 2.05) is 42.3 Å². The second kappa shape index (κ2) is 8.77. The van der Waals surface area contributed by atoms with E-state index in [0.717, 1.165) is 5.75 Å². The number of nitrogens with zero attached hydrogens (tertiary/aromatic N) is 1. The number of ether oxygens (including phenoxy) is 1. The molecule has 0 aliphatic rings. The first kappa shape index (κ1) is 17.6. The van der Waals surface area contributed by atoms with Gasteiger partial charge in [0.1, 0.15) is 12.4 Å². The number of carbonyl (C=O) groups excluding carboxylic acids is 1. The summed E-state index contributed by atoms with van der Waals surface area (Å²) < 4.78 is 5.60. The monoisotopic (exact) mass is 352 g/mol. The largest absolute Gasteiger partial charge is 0.492 e. The van der Waals surface area contributed by atoms with E-state index in [0.29, 0.717) is 28.9 Å². The van der Waals surface area contributed by atoms with Crippen LogP contribution >= 0.6 is 23.2 Å². The van der Waals surface area contributed by atoms with Crippen LogP contribution < -0.4 is 10.1 Å². The molecule has 1 amide bonds. The number of amides is 1. The smallest absolute Gasteiger partial charge is 0.238 e. The van der Waals surface area contributed by atoms with Crippen LogP contribution in [0, 0.1) is 0 Å². The topological polar surface area (TPSA) is 41.6 Å². The van der Waals surface area contributed by atoms with Crippen molar-refractivity contribution in [1.82, 2.24) is 4.90 Å². The molecule has 0 aliphatic heterocycles. The molecule has 2 aromatic rings. The van der Waals surface area contributed by atoms with Gasteiger partial charge >= 0.3 is 0 Å². The average molecular weight is 353 g/mol. The number of para-hydroxylation sites is 1. The third-order valence-corrected chi connectivity index (χ3v) is 3.67.